The molecule has 1 heterocycles. The van der Waals surface area contributed by atoms with E-state index in [1.807, 2.05) is 12.1 Å². The topological polar surface area (TPSA) is 42.0 Å². The van der Waals surface area contributed by atoms with E-state index >= 15 is 0 Å². The Labute approximate surface area is 120 Å². The number of benzene rings is 1. The summed E-state index contributed by atoms with van der Waals surface area (Å²) >= 11 is 11.5. The Morgan fingerprint density at radius 2 is 1.89 bits per heavy atom. The Kier molecular flexibility index (Phi) is 4.55. The Balaban J connectivity index is 1.99. The zero-order valence-corrected chi connectivity index (χ0v) is 11.3. The summed E-state index contributed by atoms with van der Waals surface area (Å²) in [7, 11) is 0. The van der Waals surface area contributed by atoms with Crippen LogP contribution < -0.4 is 5.32 Å². The van der Waals surface area contributed by atoms with Gasteiger partial charge in [-0.3, -0.25) is 4.79 Å². The van der Waals surface area contributed by atoms with Gasteiger partial charge in [0.15, 0.2) is 0 Å². The van der Waals surface area contributed by atoms with Crippen LogP contribution in [-0.2, 0) is 4.79 Å². The van der Waals surface area contributed by atoms with E-state index in [-0.39, 0.29) is 5.91 Å². The maximum absolute atomic E-state index is 11.7. The summed E-state index contributed by atoms with van der Waals surface area (Å²) in [5.41, 5.74) is 1.50. The highest BCUT2D eigenvalue weighted by Gasteiger charge is 1.99. The third-order valence-electron chi connectivity index (χ3n) is 2.29. The minimum atomic E-state index is -0.239. The number of anilines is 1. The largest absolute Gasteiger partial charge is 0.322 e. The summed E-state index contributed by atoms with van der Waals surface area (Å²) in [6.07, 6.45) is 4.67. The Hall–Kier alpha value is -1.84. The molecule has 2 aromatic rings. The maximum Gasteiger partial charge on any atom is 0.248 e. The number of nitrogens with zero attached hydrogens (tertiary/aromatic N) is 1. The van der Waals surface area contributed by atoms with Crippen LogP contribution in [0.15, 0.2) is 48.7 Å². The molecule has 0 aliphatic heterocycles. The van der Waals surface area contributed by atoms with E-state index in [0.29, 0.717) is 15.9 Å². The van der Waals surface area contributed by atoms with Crippen LogP contribution in [0.3, 0.4) is 0 Å². The van der Waals surface area contributed by atoms with Crippen molar-refractivity contribution in [1.29, 1.82) is 0 Å². The van der Waals surface area contributed by atoms with Gasteiger partial charge in [0.05, 0.1) is 0 Å². The minimum Gasteiger partial charge on any atom is -0.322 e. The molecule has 19 heavy (non-hydrogen) atoms. The van der Waals surface area contributed by atoms with E-state index in [4.69, 9.17) is 23.2 Å². The third-order valence-corrected chi connectivity index (χ3v) is 2.75. The smallest absolute Gasteiger partial charge is 0.248 e. The monoisotopic (exact) mass is 292 g/mol. The van der Waals surface area contributed by atoms with Gasteiger partial charge in [0.2, 0.25) is 5.91 Å². The number of amides is 1. The molecule has 0 saturated carbocycles. The molecule has 1 aromatic carbocycles. The summed E-state index contributed by atoms with van der Waals surface area (Å²) in [6.45, 7) is 0. The van der Waals surface area contributed by atoms with E-state index in [1.165, 1.54) is 12.3 Å². The summed E-state index contributed by atoms with van der Waals surface area (Å²) in [5, 5.41) is 3.68. The van der Waals surface area contributed by atoms with Crippen molar-refractivity contribution in [3.05, 3.63) is 64.4 Å². The van der Waals surface area contributed by atoms with E-state index in [1.54, 1.807) is 30.3 Å². The van der Waals surface area contributed by atoms with Gasteiger partial charge in [-0.2, -0.15) is 0 Å². The van der Waals surface area contributed by atoms with Crippen LogP contribution in [-0.4, -0.2) is 10.9 Å². The molecule has 0 fully saturated rings. The predicted molar refractivity (Wildman–Crippen MR) is 78.4 cm³/mol. The highest BCUT2D eigenvalue weighted by atomic mass is 35.5. The van der Waals surface area contributed by atoms with Crippen LogP contribution in [0, 0.1) is 0 Å². The number of aromatic nitrogens is 1. The van der Waals surface area contributed by atoms with Crippen molar-refractivity contribution in [1.82, 2.24) is 4.98 Å². The van der Waals surface area contributed by atoms with Crippen LogP contribution in [0.1, 0.15) is 5.56 Å². The summed E-state index contributed by atoms with van der Waals surface area (Å²) < 4.78 is 0. The molecule has 0 aliphatic carbocycles. The third kappa shape index (κ3) is 4.39. The van der Waals surface area contributed by atoms with Crippen LogP contribution >= 0.6 is 23.2 Å². The second-order valence-corrected chi connectivity index (χ2v) is 4.57. The zero-order valence-electron chi connectivity index (χ0n) is 9.81. The van der Waals surface area contributed by atoms with Crippen molar-refractivity contribution >= 4 is 40.9 Å². The summed E-state index contributed by atoms with van der Waals surface area (Å²) in [5.74, 6) is -0.239. The first kappa shape index (κ1) is 13.6. The van der Waals surface area contributed by atoms with Crippen molar-refractivity contribution in [2.24, 2.45) is 0 Å². The molecule has 2 rings (SSSR count). The normalized spacial score (nSPS) is 10.6. The molecule has 0 spiro atoms. The van der Waals surface area contributed by atoms with Gasteiger partial charge in [-0.05, 0) is 35.9 Å². The molecule has 1 N–H and O–H groups in total. The maximum atomic E-state index is 11.7. The Bertz CT molecular complexity index is 609. The van der Waals surface area contributed by atoms with E-state index < -0.39 is 0 Å². The lowest BCUT2D eigenvalue weighted by molar-refractivity contribution is -0.111. The molecule has 0 aliphatic rings. The highest BCUT2D eigenvalue weighted by Crippen LogP contribution is 2.13. The van der Waals surface area contributed by atoms with Gasteiger partial charge < -0.3 is 5.32 Å². The highest BCUT2D eigenvalue weighted by molar-refractivity contribution is 6.30. The molecule has 0 saturated heterocycles. The van der Waals surface area contributed by atoms with Crippen LogP contribution in [0.4, 0.5) is 5.69 Å². The molecule has 5 heteroatoms. The lowest BCUT2D eigenvalue weighted by Crippen LogP contribution is -2.07. The number of pyridine rings is 1. The minimum absolute atomic E-state index is 0.239. The predicted octanol–water partition coefficient (Wildman–Crippen LogP) is 4.04. The van der Waals surface area contributed by atoms with E-state index in [0.717, 1.165) is 5.56 Å². The number of rotatable bonds is 3. The number of carbonyl (C=O) groups excluding carboxylic acids is 1. The van der Waals surface area contributed by atoms with Crippen LogP contribution in [0.5, 0.6) is 0 Å². The first-order valence-corrected chi connectivity index (χ1v) is 6.25. The summed E-state index contributed by atoms with van der Waals surface area (Å²) in [4.78, 5) is 15.5. The first-order chi connectivity index (χ1) is 9.13. The molecule has 0 bridgehead atoms. The second kappa shape index (κ2) is 6.36. The zero-order chi connectivity index (χ0) is 13.7. The quantitative estimate of drug-likeness (QED) is 0.685. The number of hydrogen-bond acceptors (Lipinski definition) is 2. The molecule has 1 aromatic heterocycles. The van der Waals surface area contributed by atoms with Crippen molar-refractivity contribution in [2.75, 3.05) is 5.32 Å². The average Bonchev–Trinajstić information content (AvgIpc) is 2.38. The van der Waals surface area contributed by atoms with Crippen molar-refractivity contribution < 1.29 is 4.79 Å². The molecule has 0 atom stereocenters. The molecular weight excluding hydrogens is 283 g/mol. The van der Waals surface area contributed by atoms with Crippen molar-refractivity contribution in [3.8, 4) is 0 Å². The van der Waals surface area contributed by atoms with Crippen molar-refractivity contribution in [2.45, 2.75) is 0 Å². The molecular formula is C14H10Cl2N2O. The fraction of sp³-hybridized carbons (Fsp3) is 0. The number of carbonyl (C=O) groups is 1. The summed E-state index contributed by atoms with van der Waals surface area (Å²) in [6, 6.07) is 10.4. The fourth-order valence-corrected chi connectivity index (χ4v) is 1.71. The fourth-order valence-electron chi connectivity index (χ4n) is 1.41. The van der Waals surface area contributed by atoms with Gasteiger partial charge in [0.25, 0.3) is 0 Å². The van der Waals surface area contributed by atoms with E-state index in [2.05, 4.69) is 10.3 Å². The number of nitrogens with one attached hydrogen (secondary N) is 1. The van der Waals surface area contributed by atoms with Crippen molar-refractivity contribution in [3.63, 3.8) is 0 Å². The van der Waals surface area contributed by atoms with Gasteiger partial charge in [0.1, 0.15) is 5.15 Å². The Morgan fingerprint density at radius 1 is 1.16 bits per heavy atom. The van der Waals surface area contributed by atoms with Crippen LogP contribution in [0.25, 0.3) is 6.08 Å². The first-order valence-electron chi connectivity index (χ1n) is 5.50. The van der Waals surface area contributed by atoms with Gasteiger partial charge in [-0.1, -0.05) is 35.3 Å². The molecule has 0 radical (unpaired) electrons. The molecule has 0 unspecified atom stereocenters. The molecule has 1 amide bonds. The molecule has 96 valence electrons. The van der Waals surface area contributed by atoms with Gasteiger partial charge in [-0.25, -0.2) is 4.98 Å². The average molecular weight is 293 g/mol. The Morgan fingerprint density at radius 3 is 2.58 bits per heavy atom. The number of halogens is 2. The van der Waals surface area contributed by atoms with E-state index in [9.17, 15) is 4.79 Å². The van der Waals surface area contributed by atoms with Gasteiger partial charge in [0, 0.05) is 23.0 Å². The van der Waals surface area contributed by atoms with Gasteiger partial charge >= 0.3 is 0 Å². The molecule has 3 nitrogen and oxygen atoms in total. The SMILES string of the molecule is O=C(/C=C/c1ccc(Cl)cc1)Nc1ccnc(Cl)c1. The second-order valence-electron chi connectivity index (χ2n) is 3.74. The standard InChI is InChI=1S/C14H10Cl2N2O/c15-11-4-1-10(2-5-11)3-6-14(19)18-12-7-8-17-13(16)9-12/h1-9H,(H,17,18,19)/b6-3+. The lowest BCUT2D eigenvalue weighted by Gasteiger charge is -2.01. The van der Waals surface area contributed by atoms with Gasteiger partial charge in [-0.15, -0.1) is 0 Å². The number of hydrogen-bond donors (Lipinski definition) is 1. The van der Waals surface area contributed by atoms with Crippen LogP contribution in [0.2, 0.25) is 10.2 Å². The lowest BCUT2D eigenvalue weighted by atomic mass is 10.2.